The summed E-state index contributed by atoms with van der Waals surface area (Å²) in [6.45, 7) is 0.692. The van der Waals surface area contributed by atoms with Crippen LogP contribution in [0.25, 0.3) is 0 Å². The van der Waals surface area contributed by atoms with Gasteiger partial charge in [-0.05, 0) is 0 Å². The third-order valence-corrected chi connectivity index (χ3v) is 0.354. The summed E-state index contributed by atoms with van der Waals surface area (Å²) in [6.07, 6.45) is -3.80. The molecule has 0 N–H and O–H groups in total. The molecule has 0 aliphatic heterocycles. The minimum absolute atomic E-state index is 1.88. The molecule has 2 nitrogen and oxygen atoms in total. The highest BCUT2D eigenvalue weighted by molar-refractivity contribution is 5.21. The van der Waals surface area contributed by atoms with E-state index in [1.165, 1.54) is 0 Å². The molecule has 0 fully saturated rings. The summed E-state index contributed by atoms with van der Waals surface area (Å²) in [5, 5.41) is 2.34. The molecule has 0 aromatic carbocycles. The standard InChI is InChI=1S/C3H4F3NO/c1-7-8-3(5,6)2-4/h1-2H2. The summed E-state index contributed by atoms with van der Waals surface area (Å²) in [5.74, 6) is 0. The Balaban J connectivity index is 3.53. The zero-order chi connectivity index (χ0) is 6.62. The number of nitrogens with zero attached hydrogens (tertiary/aromatic N) is 1. The first kappa shape index (κ1) is 7.26. The van der Waals surface area contributed by atoms with E-state index in [2.05, 4.69) is 16.7 Å². The van der Waals surface area contributed by atoms with Gasteiger partial charge in [0, 0.05) is 6.72 Å². The average Bonchev–Trinajstić information content (AvgIpc) is 1.67. The fourth-order valence-corrected chi connectivity index (χ4v) is 0.119. The third kappa shape index (κ3) is 2.44. The van der Waals surface area contributed by atoms with E-state index in [4.69, 9.17) is 0 Å². The van der Waals surface area contributed by atoms with E-state index in [1.807, 2.05) is 0 Å². The molecule has 8 heavy (non-hydrogen) atoms. The summed E-state index contributed by atoms with van der Waals surface area (Å²) >= 11 is 0. The quantitative estimate of drug-likeness (QED) is 0.412. The fraction of sp³-hybridized carbons (Fsp3) is 0.667. The number of rotatable bonds is 3. The highest BCUT2D eigenvalue weighted by atomic mass is 19.3. The maximum atomic E-state index is 11.4. The predicted octanol–water partition coefficient (Wildman–Crippen LogP) is 1.18. The first-order valence-corrected chi connectivity index (χ1v) is 1.70. The molecule has 0 unspecified atom stereocenters. The van der Waals surface area contributed by atoms with Gasteiger partial charge in [-0.25, -0.2) is 4.39 Å². The van der Waals surface area contributed by atoms with Crippen molar-refractivity contribution in [2.24, 2.45) is 5.16 Å². The smallest absolute Gasteiger partial charge is 0.321 e. The van der Waals surface area contributed by atoms with E-state index in [0.29, 0.717) is 0 Å². The molecule has 48 valence electrons. The van der Waals surface area contributed by atoms with Crippen molar-refractivity contribution in [1.29, 1.82) is 0 Å². The second kappa shape index (κ2) is 2.54. The van der Waals surface area contributed by atoms with Crippen molar-refractivity contribution in [3.05, 3.63) is 0 Å². The molecular weight excluding hydrogens is 123 g/mol. The summed E-state index contributed by atoms with van der Waals surface area (Å²) in [7, 11) is 0. The summed E-state index contributed by atoms with van der Waals surface area (Å²) in [6, 6.07) is 0. The lowest BCUT2D eigenvalue weighted by Crippen LogP contribution is -2.19. The van der Waals surface area contributed by atoms with Crippen LogP contribution in [0.15, 0.2) is 5.16 Å². The molecule has 0 atom stereocenters. The maximum absolute atomic E-state index is 11.4. The van der Waals surface area contributed by atoms with Crippen LogP contribution in [-0.2, 0) is 4.84 Å². The van der Waals surface area contributed by atoms with E-state index < -0.39 is 12.8 Å². The molecule has 0 saturated heterocycles. The van der Waals surface area contributed by atoms with E-state index in [0.717, 1.165) is 0 Å². The van der Waals surface area contributed by atoms with Gasteiger partial charge < -0.3 is 4.84 Å². The summed E-state index contributed by atoms with van der Waals surface area (Å²) in [5.41, 5.74) is 0. The average molecular weight is 127 g/mol. The van der Waals surface area contributed by atoms with E-state index >= 15 is 0 Å². The lowest BCUT2D eigenvalue weighted by molar-refractivity contribution is -0.245. The highest BCUT2D eigenvalue weighted by Crippen LogP contribution is 2.14. The first-order valence-electron chi connectivity index (χ1n) is 1.70. The minimum atomic E-state index is -3.80. The van der Waals surface area contributed by atoms with E-state index in [1.54, 1.807) is 0 Å². The van der Waals surface area contributed by atoms with E-state index in [-0.39, 0.29) is 0 Å². The van der Waals surface area contributed by atoms with Crippen LogP contribution >= 0.6 is 0 Å². The van der Waals surface area contributed by atoms with Crippen molar-refractivity contribution in [3.63, 3.8) is 0 Å². The van der Waals surface area contributed by atoms with Crippen molar-refractivity contribution in [2.75, 3.05) is 6.67 Å². The van der Waals surface area contributed by atoms with Crippen molar-refractivity contribution in [2.45, 2.75) is 6.11 Å². The monoisotopic (exact) mass is 127 g/mol. The molecule has 0 spiro atoms. The molecule has 0 aliphatic rings. The van der Waals surface area contributed by atoms with Crippen molar-refractivity contribution in [3.8, 4) is 0 Å². The van der Waals surface area contributed by atoms with Crippen LogP contribution in [0.1, 0.15) is 0 Å². The van der Waals surface area contributed by atoms with Gasteiger partial charge in [0.05, 0.1) is 0 Å². The van der Waals surface area contributed by atoms with Crippen LogP contribution in [0.2, 0.25) is 0 Å². The van der Waals surface area contributed by atoms with Crippen molar-refractivity contribution >= 4 is 6.72 Å². The van der Waals surface area contributed by atoms with Gasteiger partial charge in [0.15, 0.2) is 6.67 Å². The van der Waals surface area contributed by atoms with Crippen LogP contribution in [-0.4, -0.2) is 19.5 Å². The maximum Gasteiger partial charge on any atom is 0.446 e. The molecule has 0 heterocycles. The minimum Gasteiger partial charge on any atom is -0.321 e. The second-order valence-electron chi connectivity index (χ2n) is 0.991. The van der Waals surface area contributed by atoms with Gasteiger partial charge in [0.25, 0.3) is 0 Å². The SMILES string of the molecule is C=NOC(F)(F)CF. The largest absolute Gasteiger partial charge is 0.446 e. The number of alkyl halides is 3. The number of hydrogen-bond acceptors (Lipinski definition) is 2. The van der Waals surface area contributed by atoms with Crippen LogP contribution in [0.3, 0.4) is 0 Å². The molecule has 0 aromatic heterocycles. The van der Waals surface area contributed by atoms with Gasteiger partial charge in [0.2, 0.25) is 0 Å². The molecule has 5 heteroatoms. The molecular formula is C3H4F3NO. The Bertz CT molecular complexity index is 84.6. The van der Waals surface area contributed by atoms with Crippen LogP contribution in [0, 0.1) is 0 Å². The summed E-state index contributed by atoms with van der Waals surface area (Å²) < 4.78 is 33.8. The van der Waals surface area contributed by atoms with E-state index in [9.17, 15) is 13.2 Å². The Morgan fingerprint density at radius 3 is 2.25 bits per heavy atom. The van der Waals surface area contributed by atoms with Gasteiger partial charge in [0.1, 0.15) is 0 Å². The highest BCUT2D eigenvalue weighted by Gasteiger charge is 2.31. The Labute approximate surface area is 43.9 Å². The first-order chi connectivity index (χ1) is 3.62. The predicted molar refractivity (Wildman–Crippen MR) is 21.6 cm³/mol. The van der Waals surface area contributed by atoms with Crippen LogP contribution < -0.4 is 0 Å². The molecule has 0 amide bonds. The zero-order valence-corrected chi connectivity index (χ0v) is 3.90. The van der Waals surface area contributed by atoms with Crippen LogP contribution in [0.4, 0.5) is 13.2 Å². The molecule has 0 bridgehead atoms. The van der Waals surface area contributed by atoms with Gasteiger partial charge in [-0.15, -0.1) is 0 Å². The topological polar surface area (TPSA) is 21.6 Å². The lowest BCUT2D eigenvalue weighted by Gasteiger charge is -2.06. The Morgan fingerprint density at radius 1 is 1.62 bits per heavy atom. The molecule has 0 aromatic rings. The normalized spacial score (nSPS) is 10.9. The molecule has 0 aliphatic carbocycles. The Morgan fingerprint density at radius 2 is 2.12 bits per heavy atom. The number of hydrogen-bond donors (Lipinski definition) is 0. The molecule has 0 rings (SSSR count). The fourth-order valence-electron chi connectivity index (χ4n) is 0.119. The van der Waals surface area contributed by atoms with Crippen molar-refractivity contribution in [1.82, 2.24) is 0 Å². The molecule has 0 radical (unpaired) electrons. The third-order valence-electron chi connectivity index (χ3n) is 0.354. The van der Waals surface area contributed by atoms with Crippen LogP contribution in [0.5, 0.6) is 0 Å². The van der Waals surface area contributed by atoms with Gasteiger partial charge >= 0.3 is 6.11 Å². The zero-order valence-electron chi connectivity index (χ0n) is 3.90. The van der Waals surface area contributed by atoms with Gasteiger partial charge in [-0.3, -0.25) is 0 Å². The lowest BCUT2D eigenvalue weighted by atomic mass is 10.7. The Kier molecular flexibility index (Phi) is 2.30. The number of oxime groups is 1. The number of halogens is 3. The Hall–Kier alpha value is -0.740. The second-order valence-corrected chi connectivity index (χ2v) is 0.991. The summed E-state index contributed by atoms with van der Waals surface area (Å²) in [4.78, 5) is 3.18. The van der Waals surface area contributed by atoms with Gasteiger partial charge in [-0.1, -0.05) is 5.16 Å². The molecule has 0 saturated carbocycles. The van der Waals surface area contributed by atoms with Crippen molar-refractivity contribution < 1.29 is 18.0 Å². The van der Waals surface area contributed by atoms with Gasteiger partial charge in [-0.2, -0.15) is 8.78 Å².